The van der Waals surface area contributed by atoms with Gasteiger partial charge in [0.2, 0.25) is 0 Å². The molecule has 0 unspecified atom stereocenters. The van der Waals surface area contributed by atoms with Gasteiger partial charge in [0.15, 0.2) is 0 Å². The predicted molar refractivity (Wildman–Crippen MR) is 88.9 cm³/mol. The standard InChI is InChI=1S/C17H18ClN3O2/c1-10-12-4-2-3-5-14(12)21-17(23)13(10)9-20-16(22)11-6-7-15(18)19-8-11/h6-8H,2-5,9H2,1H3,(H,20,22)(H,21,23). The lowest BCUT2D eigenvalue weighted by molar-refractivity contribution is 0.0950. The maximum Gasteiger partial charge on any atom is 0.253 e. The van der Waals surface area contributed by atoms with Gasteiger partial charge in [-0.1, -0.05) is 11.6 Å². The van der Waals surface area contributed by atoms with E-state index in [1.54, 1.807) is 12.1 Å². The number of rotatable bonds is 3. The minimum atomic E-state index is -0.273. The fraction of sp³-hybridized carbons (Fsp3) is 0.353. The van der Waals surface area contributed by atoms with E-state index in [9.17, 15) is 9.59 Å². The number of carbonyl (C=O) groups is 1. The number of H-pyrrole nitrogens is 1. The van der Waals surface area contributed by atoms with Gasteiger partial charge < -0.3 is 10.3 Å². The third-order valence-electron chi connectivity index (χ3n) is 4.33. The van der Waals surface area contributed by atoms with E-state index in [2.05, 4.69) is 15.3 Å². The largest absolute Gasteiger partial charge is 0.348 e. The second-order valence-corrected chi connectivity index (χ2v) is 6.16. The molecular formula is C17H18ClN3O2. The summed E-state index contributed by atoms with van der Waals surface area (Å²) < 4.78 is 0. The van der Waals surface area contributed by atoms with Crippen LogP contribution < -0.4 is 10.9 Å². The Balaban J connectivity index is 1.79. The molecule has 0 saturated carbocycles. The van der Waals surface area contributed by atoms with Crippen molar-refractivity contribution in [2.75, 3.05) is 0 Å². The monoisotopic (exact) mass is 331 g/mol. The molecule has 0 spiro atoms. The third kappa shape index (κ3) is 3.29. The van der Waals surface area contributed by atoms with Gasteiger partial charge >= 0.3 is 0 Å². The second kappa shape index (κ2) is 6.54. The summed E-state index contributed by atoms with van der Waals surface area (Å²) in [5, 5.41) is 3.12. The number of aromatic amines is 1. The number of aryl methyl sites for hydroxylation is 1. The molecule has 1 amide bonds. The van der Waals surface area contributed by atoms with Crippen molar-refractivity contribution in [2.45, 2.75) is 39.2 Å². The van der Waals surface area contributed by atoms with E-state index < -0.39 is 0 Å². The minimum absolute atomic E-state index is 0.113. The van der Waals surface area contributed by atoms with Gasteiger partial charge in [-0.2, -0.15) is 0 Å². The number of hydrogen-bond donors (Lipinski definition) is 2. The first-order valence-electron chi connectivity index (χ1n) is 7.69. The van der Waals surface area contributed by atoms with Crippen LogP contribution in [-0.2, 0) is 19.4 Å². The fourth-order valence-corrected chi connectivity index (χ4v) is 3.13. The number of halogens is 1. The predicted octanol–water partition coefficient (Wildman–Crippen LogP) is 2.54. The van der Waals surface area contributed by atoms with Crippen LogP contribution in [0.5, 0.6) is 0 Å². The lowest BCUT2D eigenvalue weighted by Gasteiger charge is -2.19. The fourth-order valence-electron chi connectivity index (χ4n) is 3.02. The van der Waals surface area contributed by atoms with Crippen LogP contribution in [0.15, 0.2) is 23.1 Å². The highest BCUT2D eigenvalue weighted by molar-refractivity contribution is 6.29. The summed E-state index contributed by atoms with van der Waals surface area (Å²) >= 11 is 5.71. The number of carbonyl (C=O) groups excluding carboxylic acids is 1. The highest BCUT2D eigenvalue weighted by Crippen LogP contribution is 2.22. The maximum atomic E-state index is 12.3. The highest BCUT2D eigenvalue weighted by atomic mass is 35.5. The van der Waals surface area contributed by atoms with Crippen molar-refractivity contribution in [3.05, 3.63) is 61.8 Å². The first-order chi connectivity index (χ1) is 11.1. The van der Waals surface area contributed by atoms with E-state index in [4.69, 9.17) is 11.6 Å². The van der Waals surface area contributed by atoms with Crippen LogP contribution in [0.2, 0.25) is 5.15 Å². The van der Waals surface area contributed by atoms with Gasteiger partial charge in [-0.3, -0.25) is 9.59 Å². The van der Waals surface area contributed by atoms with Crippen molar-refractivity contribution in [1.29, 1.82) is 0 Å². The highest BCUT2D eigenvalue weighted by Gasteiger charge is 2.17. The number of nitrogens with one attached hydrogen (secondary N) is 2. The summed E-state index contributed by atoms with van der Waals surface area (Å²) in [7, 11) is 0. The van der Waals surface area contributed by atoms with Crippen molar-refractivity contribution in [3.63, 3.8) is 0 Å². The molecule has 1 aliphatic rings. The molecule has 0 aromatic carbocycles. The molecule has 2 heterocycles. The molecule has 120 valence electrons. The summed E-state index contributed by atoms with van der Waals surface area (Å²) in [6.45, 7) is 2.17. The average Bonchev–Trinajstić information content (AvgIpc) is 2.55. The Hall–Kier alpha value is -2.14. The number of fused-ring (bicyclic) bond motifs is 1. The summed E-state index contributed by atoms with van der Waals surface area (Å²) in [5.74, 6) is -0.273. The smallest absolute Gasteiger partial charge is 0.253 e. The van der Waals surface area contributed by atoms with Gasteiger partial charge in [-0.25, -0.2) is 4.98 Å². The lowest BCUT2D eigenvalue weighted by atomic mass is 9.90. The zero-order chi connectivity index (χ0) is 16.4. The summed E-state index contributed by atoms with van der Waals surface area (Å²) in [5.41, 5.74) is 4.21. The first-order valence-corrected chi connectivity index (χ1v) is 8.07. The van der Waals surface area contributed by atoms with Crippen LogP contribution in [0, 0.1) is 6.92 Å². The van der Waals surface area contributed by atoms with Crippen molar-refractivity contribution in [2.24, 2.45) is 0 Å². The Labute approximate surface area is 139 Å². The van der Waals surface area contributed by atoms with Crippen LogP contribution in [0.25, 0.3) is 0 Å². The van der Waals surface area contributed by atoms with Crippen LogP contribution in [0.1, 0.15) is 45.6 Å². The van der Waals surface area contributed by atoms with Crippen molar-refractivity contribution in [3.8, 4) is 0 Å². The Morgan fingerprint density at radius 2 is 2.13 bits per heavy atom. The van der Waals surface area contributed by atoms with E-state index in [1.165, 1.54) is 11.8 Å². The molecule has 6 heteroatoms. The zero-order valence-corrected chi connectivity index (χ0v) is 13.7. The van der Waals surface area contributed by atoms with Crippen molar-refractivity contribution >= 4 is 17.5 Å². The number of amides is 1. The number of pyridine rings is 2. The van der Waals surface area contributed by atoms with E-state index in [0.717, 1.165) is 36.9 Å². The minimum Gasteiger partial charge on any atom is -0.348 e. The Bertz CT molecular complexity index is 797. The van der Waals surface area contributed by atoms with E-state index in [1.807, 2.05) is 6.92 Å². The molecule has 23 heavy (non-hydrogen) atoms. The third-order valence-corrected chi connectivity index (χ3v) is 4.55. The molecule has 0 aliphatic heterocycles. The van der Waals surface area contributed by atoms with Crippen LogP contribution in [0.3, 0.4) is 0 Å². The quantitative estimate of drug-likeness (QED) is 0.849. The Kier molecular flexibility index (Phi) is 4.48. The van der Waals surface area contributed by atoms with Gasteiger partial charge in [0.25, 0.3) is 11.5 Å². The topological polar surface area (TPSA) is 74.8 Å². The van der Waals surface area contributed by atoms with Crippen molar-refractivity contribution in [1.82, 2.24) is 15.3 Å². The van der Waals surface area contributed by atoms with Gasteiger partial charge in [-0.15, -0.1) is 0 Å². The van der Waals surface area contributed by atoms with E-state index >= 15 is 0 Å². The second-order valence-electron chi connectivity index (χ2n) is 5.77. The molecule has 0 fully saturated rings. The molecule has 0 atom stereocenters. The SMILES string of the molecule is Cc1c2c([nH]c(=O)c1CNC(=O)c1ccc(Cl)nc1)CCCC2. The first kappa shape index (κ1) is 15.7. The van der Waals surface area contributed by atoms with Gasteiger partial charge in [0, 0.05) is 24.0 Å². The van der Waals surface area contributed by atoms with Crippen molar-refractivity contribution < 1.29 is 4.79 Å². The van der Waals surface area contributed by atoms with Gasteiger partial charge in [-0.05, 0) is 55.9 Å². The number of aromatic nitrogens is 2. The van der Waals surface area contributed by atoms with Gasteiger partial charge in [0.05, 0.1) is 5.56 Å². The number of hydrogen-bond acceptors (Lipinski definition) is 3. The lowest BCUT2D eigenvalue weighted by Crippen LogP contribution is -2.29. The summed E-state index contributed by atoms with van der Waals surface area (Å²) in [6, 6.07) is 3.17. The normalized spacial score (nSPS) is 13.5. The summed E-state index contributed by atoms with van der Waals surface area (Å²) in [4.78, 5) is 31.3. The van der Waals surface area contributed by atoms with E-state index in [-0.39, 0.29) is 18.0 Å². The molecule has 1 aliphatic carbocycles. The zero-order valence-electron chi connectivity index (χ0n) is 12.9. The molecule has 3 rings (SSSR count). The van der Waals surface area contributed by atoms with Crippen LogP contribution in [0.4, 0.5) is 0 Å². The Morgan fingerprint density at radius 1 is 1.35 bits per heavy atom. The van der Waals surface area contributed by atoms with Crippen LogP contribution >= 0.6 is 11.6 Å². The molecule has 2 N–H and O–H groups in total. The molecule has 5 nitrogen and oxygen atoms in total. The molecular weight excluding hydrogens is 314 g/mol. The van der Waals surface area contributed by atoms with Gasteiger partial charge in [0.1, 0.15) is 5.15 Å². The molecule has 0 bridgehead atoms. The Morgan fingerprint density at radius 3 is 2.87 bits per heavy atom. The van der Waals surface area contributed by atoms with Crippen LogP contribution in [-0.4, -0.2) is 15.9 Å². The molecule has 2 aromatic heterocycles. The summed E-state index contributed by atoms with van der Waals surface area (Å²) in [6.07, 6.45) is 5.58. The average molecular weight is 332 g/mol. The maximum absolute atomic E-state index is 12.3. The molecule has 0 saturated heterocycles. The number of nitrogens with zero attached hydrogens (tertiary/aromatic N) is 1. The molecule has 0 radical (unpaired) electrons. The molecule has 2 aromatic rings. The van der Waals surface area contributed by atoms with E-state index in [0.29, 0.717) is 16.3 Å².